The molecule has 0 amide bonds. The van der Waals surface area contributed by atoms with Gasteiger partial charge in [-0.05, 0) is 32.1 Å². The first-order chi connectivity index (χ1) is 6.28. The zero-order valence-corrected chi connectivity index (χ0v) is 8.20. The SMILES string of the molecule is COC1CC(N[C@H]2CC[C@@H](O)C2)C1. The lowest BCUT2D eigenvalue weighted by Crippen LogP contribution is -2.48. The van der Waals surface area contributed by atoms with Crippen LogP contribution < -0.4 is 5.32 Å². The highest BCUT2D eigenvalue weighted by molar-refractivity contribution is 4.90. The van der Waals surface area contributed by atoms with Gasteiger partial charge in [0.15, 0.2) is 0 Å². The van der Waals surface area contributed by atoms with Crippen LogP contribution in [0.3, 0.4) is 0 Å². The topological polar surface area (TPSA) is 41.5 Å². The minimum atomic E-state index is -0.0594. The van der Waals surface area contributed by atoms with E-state index in [9.17, 15) is 5.11 Å². The van der Waals surface area contributed by atoms with Gasteiger partial charge < -0.3 is 15.2 Å². The Hall–Kier alpha value is -0.120. The molecule has 76 valence electrons. The number of aliphatic hydroxyl groups is 1. The summed E-state index contributed by atoms with van der Waals surface area (Å²) in [6.45, 7) is 0. The van der Waals surface area contributed by atoms with Crippen molar-refractivity contribution in [3.05, 3.63) is 0 Å². The molecule has 3 heteroatoms. The summed E-state index contributed by atoms with van der Waals surface area (Å²) in [5.41, 5.74) is 0. The zero-order chi connectivity index (χ0) is 9.26. The van der Waals surface area contributed by atoms with Gasteiger partial charge in [0.2, 0.25) is 0 Å². The summed E-state index contributed by atoms with van der Waals surface area (Å²) in [6.07, 6.45) is 5.74. The predicted molar refractivity (Wildman–Crippen MR) is 50.6 cm³/mol. The van der Waals surface area contributed by atoms with Crippen molar-refractivity contribution in [2.24, 2.45) is 0 Å². The molecule has 2 saturated carbocycles. The summed E-state index contributed by atoms with van der Waals surface area (Å²) in [5.74, 6) is 0. The molecule has 13 heavy (non-hydrogen) atoms. The van der Waals surface area contributed by atoms with Crippen molar-refractivity contribution in [2.45, 2.75) is 56.4 Å². The maximum atomic E-state index is 9.34. The maximum Gasteiger partial charge on any atom is 0.0601 e. The molecule has 2 aliphatic rings. The van der Waals surface area contributed by atoms with Gasteiger partial charge in [-0.3, -0.25) is 0 Å². The number of ether oxygens (including phenoxy) is 1. The Balaban J connectivity index is 1.64. The molecule has 0 aromatic rings. The van der Waals surface area contributed by atoms with Crippen LogP contribution in [0, 0.1) is 0 Å². The molecule has 0 aromatic heterocycles. The van der Waals surface area contributed by atoms with Gasteiger partial charge in [-0.1, -0.05) is 0 Å². The summed E-state index contributed by atoms with van der Waals surface area (Å²) in [4.78, 5) is 0. The molecule has 0 saturated heterocycles. The number of hydrogen-bond donors (Lipinski definition) is 2. The molecular formula is C10H19NO2. The van der Waals surface area contributed by atoms with E-state index in [1.54, 1.807) is 7.11 Å². The highest BCUT2D eigenvalue weighted by atomic mass is 16.5. The van der Waals surface area contributed by atoms with E-state index < -0.39 is 0 Å². The van der Waals surface area contributed by atoms with Gasteiger partial charge in [0.05, 0.1) is 12.2 Å². The van der Waals surface area contributed by atoms with Crippen LogP contribution in [0.25, 0.3) is 0 Å². The van der Waals surface area contributed by atoms with E-state index >= 15 is 0 Å². The van der Waals surface area contributed by atoms with Gasteiger partial charge in [0.25, 0.3) is 0 Å². The van der Waals surface area contributed by atoms with E-state index in [4.69, 9.17) is 4.74 Å². The molecule has 0 spiro atoms. The first kappa shape index (κ1) is 9.44. The van der Waals surface area contributed by atoms with Crippen LogP contribution in [0.5, 0.6) is 0 Å². The molecule has 0 radical (unpaired) electrons. The predicted octanol–water partition coefficient (Wildman–Crippen LogP) is 0.667. The smallest absolute Gasteiger partial charge is 0.0601 e. The molecule has 2 atom stereocenters. The lowest BCUT2D eigenvalue weighted by molar-refractivity contribution is 0.0140. The van der Waals surface area contributed by atoms with E-state index in [-0.39, 0.29) is 6.10 Å². The van der Waals surface area contributed by atoms with Gasteiger partial charge >= 0.3 is 0 Å². The summed E-state index contributed by atoms with van der Waals surface area (Å²) < 4.78 is 5.21. The Morgan fingerprint density at radius 1 is 1.15 bits per heavy atom. The Morgan fingerprint density at radius 2 is 1.92 bits per heavy atom. The van der Waals surface area contributed by atoms with Crippen molar-refractivity contribution in [3.8, 4) is 0 Å². The number of nitrogens with one attached hydrogen (secondary N) is 1. The molecule has 3 nitrogen and oxygen atoms in total. The van der Waals surface area contributed by atoms with Crippen LogP contribution in [0.4, 0.5) is 0 Å². The van der Waals surface area contributed by atoms with E-state index in [0.717, 1.165) is 32.1 Å². The number of rotatable bonds is 3. The minimum absolute atomic E-state index is 0.0594. The molecular weight excluding hydrogens is 166 g/mol. The van der Waals surface area contributed by atoms with Gasteiger partial charge in [-0.15, -0.1) is 0 Å². The first-order valence-corrected chi connectivity index (χ1v) is 5.25. The van der Waals surface area contributed by atoms with Crippen LogP contribution in [-0.2, 0) is 4.74 Å². The van der Waals surface area contributed by atoms with E-state index in [1.165, 1.54) is 0 Å². The van der Waals surface area contributed by atoms with Crippen LogP contribution in [0.15, 0.2) is 0 Å². The lowest BCUT2D eigenvalue weighted by atomic mass is 9.88. The van der Waals surface area contributed by atoms with Crippen molar-refractivity contribution in [1.29, 1.82) is 0 Å². The third kappa shape index (κ3) is 2.22. The summed E-state index contributed by atoms with van der Waals surface area (Å²) >= 11 is 0. The molecule has 0 aliphatic heterocycles. The second-order valence-corrected chi connectivity index (χ2v) is 4.36. The largest absolute Gasteiger partial charge is 0.393 e. The number of methoxy groups -OCH3 is 1. The Morgan fingerprint density at radius 3 is 2.46 bits per heavy atom. The Kier molecular flexibility index (Phi) is 2.86. The molecule has 0 heterocycles. The fourth-order valence-corrected chi connectivity index (χ4v) is 2.34. The third-order valence-corrected chi connectivity index (χ3v) is 3.30. The average Bonchev–Trinajstić information content (AvgIpc) is 2.43. The van der Waals surface area contributed by atoms with Crippen LogP contribution >= 0.6 is 0 Å². The van der Waals surface area contributed by atoms with E-state index in [1.807, 2.05) is 0 Å². The van der Waals surface area contributed by atoms with Crippen LogP contribution in [0.1, 0.15) is 32.1 Å². The Labute approximate surface area is 79.5 Å². The summed E-state index contributed by atoms with van der Waals surface area (Å²) in [5, 5.41) is 12.9. The van der Waals surface area contributed by atoms with Gasteiger partial charge in [-0.25, -0.2) is 0 Å². The van der Waals surface area contributed by atoms with Crippen molar-refractivity contribution in [2.75, 3.05) is 7.11 Å². The normalized spacial score (nSPS) is 44.8. The summed E-state index contributed by atoms with van der Waals surface area (Å²) in [7, 11) is 1.78. The molecule has 2 N–H and O–H groups in total. The molecule has 0 unspecified atom stereocenters. The second-order valence-electron chi connectivity index (χ2n) is 4.36. The van der Waals surface area contributed by atoms with Crippen molar-refractivity contribution >= 4 is 0 Å². The molecule has 2 fully saturated rings. The number of hydrogen-bond acceptors (Lipinski definition) is 3. The average molecular weight is 185 g/mol. The van der Waals surface area contributed by atoms with Gasteiger partial charge in [0.1, 0.15) is 0 Å². The van der Waals surface area contributed by atoms with E-state index in [0.29, 0.717) is 18.2 Å². The summed E-state index contributed by atoms with van der Waals surface area (Å²) in [6, 6.07) is 1.19. The monoisotopic (exact) mass is 185 g/mol. The second kappa shape index (κ2) is 3.95. The lowest BCUT2D eigenvalue weighted by Gasteiger charge is -2.36. The fourth-order valence-electron chi connectivity index (χ4n) is 2.34. The maximum absolute atomic E-state index is 9.34. The molecule has 2 aliphatic carbocycles. The minimum Gasteiger partial charge on any atom is -0.393 e. The standard InChI is InChI=1S/C10H19NO2/c1-13-10-5-8(6-10)11-7-2-3-9(12)4-7/h7-12H,2-6H2,1H3/t7-,8?,9+,10?/m0/s1. The fraction of sp³-hybridized carbons (Fsp3) is 1.00. The van der Waals surface area contributed by atoms with Crippen molar-refractivity contribution < 1.29 is 9.84 Å². The third-order valence-electron chi connectivity index (χ3n) is 3.30. The highest BCUT2D eigenvalue weighted by Gasteiger charge is 2.32. The molecule has 0 bridgehead atoms. The quantitative estimate of drug-likeness (QED) is 0.679. The highest BCUT2D eigenvalue weighted by Crippen LogP contribution is 2.26. The molecule has 0 aromatic carbocycles. The van der Waals surface area contributed by atoms with Crippen molar-refractivity contribution in [1.82, 2.24) is 5.32 Å². The van der Waals surface area contributed by atoms with E-state index in [2.05, 4.69) is 5.32 Å². The van der Waals surface area contributed by atoms with Crippen LogP contribution in [0.2, 0.25) is 0 Å². The molecule has 2 rings (SSSR count). The first-order valence-electron chi connectivity index (χ1n) is 5.25. The Bertz CT molecular complexity index is 168. The zero-order valence-electron chi connectivity index (χ0n) is 8.20. The van der Waals surface area contributed by atoms with Crippen molar-refractivity contribution in [3.63, 3.8) is 0 Å². The van der Waals surface area contributed by atoms with Gasteiger partial charge in [0, 0.05) is 19.2 Å². The number of aliphatic hydroxyl groups excluding tert-OH is 1. The van der Waals surface area contributed by atoms with Gasteiger partial charge in [-0.2, -0.15) is 0 Å². The van der Waals surface area contributed by atoms with Crippen LogP contribution in [-0.4, -0.2) is 36.5 Å².